The standard InChI is InChI=1S/C17H25N5O4S/c1-12(23)19-8-16-17(24)22-10-14(20-27(2,25)26)6-15(22)11-21(16)9-13-4-3-5-18-7-13/h3-5,7,14-16,20H,6,8-11H2,1-2H3,(H,19,23)/t14-,15-,16-/m0/s1. The minimum atomic E-state index is -3.33. The summed E-state index contributed by atoms with van der Waals surface area (Å²) in [4.78, 5) is 32.3. The van der Waals surface area contributed by atoms with Crippen LogP contribution in [0, 0.1) is 0 Å². The number of pyridine rings is 1. The SMILES string of the molecule is CC(=O)NC[C@H]1C(=O)N2C[C@@H](NS(C)(=O)=O)C[C@H]2CN1Cc1cccnc1. The Morgan fingerprint density at radius 2 is 2.15 bits per heavy atom. The van der Waals surface area contributed by atoms with Crippen molar-refractivity contribution in [3.8, 4) is 0 Å². The van der Waals surface area contributed by atoms with Crippen LogP contribution in [0.3, 0.4) is 0 Å². The summed E-state index contributed by atoms with van der Waals surface area (Å²) in [7, 11) is -3.33. The molecule has 27 heavy (non-hydrogen) atoms. The molecule has 3 heterocycles. The molecule has 2 fully saturated rings. The van der Waals surface area contributed by atoms with Crippen molar-refractivity contribution in [3.05, 3.63) is 30.1 Å². The number of nitrogens with one attached hydrogen (secondary N) is 2. The molecule has 0 aliphatic carbocycles. The van der Waals surface area contributed by atoms with Gasteiger partial charge in [-0.3, -0.25) is 19.5 Å². The average Bonchev–Trinajstić information content (AvgIpc) is 2.96. The first-order chi connectivity index (χ1) is 12.7. The summed E-state index contributed by atoms with van der Waals surface area (Å²) in [6.07, 6.45) is 5.16. The zero-order valence-electron chi connectivity index (χ0n) is 15.5. The van der Waals surface area contributed by atoms with Gasteiger partial charge >= 0.3 is 0 Å². The maximum atomic E-state index is 13.1. The number of carbonyl (C=O) groups excluding carboxylic acids is 2. The third kappa shape index (κ3) is 5.02. The van der Waals surface area contributed by atoms with E-state index in [1.807, 2.05) is 17.0 Å². The Bertz CT molecular complexity index is 801. The van der Waals surface area contributed by atoms with E-state index in [1.54, 1.807) is 17.3 Å². The topological polar surface area (TPSA) is 112 Å². The number of hydrogen-bond donors (Lipinski definition) is 2. The number of piperazine rings is 1. The Kier molecular flexibility index (Phi) is 5.78. The molecule has 2 saturated heterocycles. The molecule has 0 radical (unpaired) electrons. The lowest BCUT2D eigenvalue weighted by Gasteiger charge is -2.42. The van der Waals surface area contributed by atoms with Gasteiger partial charge in [0.05, 0.1) is 6.26 Å². The van der Waals surface area contributed by atoms with Gasteiger partial charge in [-0.25, -0.2) is 13.1 Å². The molecule has 0 unspecified atom stereocenters. The van der Waals surface area contributed by atoms with Crippen molar-refractivity contribution in [1.82, 2.24) is 24.8 Å². The molecule has 2 amide bonds. The van der Waals surface area contributed by atoms with Crippen molar-refractivity contribution in [1.29, 1.82) is 0 Å². The molecule has 0 saturated carbocycles. The molecule has 3 atom stereocenters. The summed E-state index contributed by atoms with van der Waals surface area (Å²) in [5.41, 5.74) is 0.982. The summed E-state index contributed by atoms with van der Waals surface area (Å²) in [6, 6.07) is 2.97. The Morgan fingerprint density at radius 1 is 1.37 bits per heavy atom. The Labute approximate surface area is 159 Å². The Hall–Kier alpha value is -2.04. The van der Waals surface area contributed by atoms with Gasteiger partial charge in [0, 0.05) is 57.6 Å². The van der Waals surface area contributed by atoms with Crippen molar-refractivity contribution in [2.75, 3.05) is 25.9 Å². The van der Waals surface area contributed by atoms with E-state index in [0.717, 1.165) is 11.8 Å². The molecule has 2 N–H and O–H groups in total. The highest BCUT2D eigenvalue weighted by Gasteiger charge is 2.45. The van der Waals surface area contributed by atoms with Gasteiger partial charge in [0.2, 0.25) is 21.8 Å². The largest absolute Gasteiger partial charge is 0.354 e. The number of hydrogen-bond acceptors (Lipinski definition) is 6. The number of carbonyl (C=O) groups is 2. The first-order valence-corrected chi connectivity index (χ1v) is 10.8. The highest BCUT2D eigenvalue weighted by molar-refractivity contribution is 7.88. The minimum Gasteiger partial charge on any atom is -0.354 e. The van der Waals surface area contributed by atoms with E-state index in [2.05, 4.69) is 15.0 Å². The quantitative estimate of drug-likeness (QED) is 0.634. The summed E-state index contributed by atoms with van der Waals surface area (Å²) >= 11 is 0. The highest BCUT2D eigenvalue weighted by Crippen LogP contribution is 2.27. The molecule has 1 aromatic rings. The van der Waals surface area contributed by atoms with Crippen LogP contribution in [0.2, 0.25) is 0 Å². The first-order valence-electron chi connectivity index (χ1n) is 8.88. The Balaban J connectivity index is 1.77. The number of nitrogens with zero attached hydrogens (tertiary/aromatic N) is 3. The van der Waals surface area contributed by atoms with E-state index < -0.39 is 16.1 Å². The van der Waals surface area contributed by atoms with Crippen LogP contribution in [0.25, 0.3) is 0 Å². The fourth-order valence-electron chi connectivity index (χ4n) is 3.85. The van der Waals surface area contributed by atoms with E-state index in [0.29, 0.717) is 26.1 Å². The number of aromatic nitrogens is 1. The lowest BCUT2D eigenvalue weighted by molar-refractivity contribution is -0.144. The smallest absolute Gasteiger partial charge is 0.242 e. The predicted octanol–water partition coefficient (Wildman–Crippen LogP) is -1.08. The van der Waals surface area contributed by atoms with E-state index in [-0.39, 0.29) is 30.4 Å². The lowest BCUT2D eigenvalue weighted by atomic mass is 10.0. The van der Waals surface area contributed by atoms with Gasteiger partial charge in [0.15, 0.2) is 0 Å². The van der Waals surface area contributed by atoms with Crippen LogP contribution in [0.4, 0.5) is 0 Å². The molecule has 3 rings (SSSR count). The number of sulfonamides is 1. The fourth-order valence-corrected chi connectivity index (χ4v) is 4.63. The summed E-state index contributed by atoms with van der Waals surface area (Å²) in [6.45, 7) is 3.16. The van der Waals surface area contributed by atoms with Crippen molar-refractivity contribution in [2.24, 2.45) is 0 Å². The Morgan fingerprint density at radius 3 is 2.78 bits per heavy atom. The van der Waals surface area contributed by atoms with E-state index in [9.17, 15) is 18.0 Å². The van der Waals surface area contributed by atoms with Gasteiger partial charge in [-0.1, -0.05) is 6.07 Å². The van der Waals surface area contributed by atoms with E-state index in [4.69, 9.17) is 0 Å². The molecule has 9 nitrogen and oxygen atoms in total. The molecule has 0 bridgehead atoms. The van der Waals surface area contributed by atoms with Crippen molar-refractivity contribution >= 4 is 21.8 Å². The third-order valence-corrected chi connectivity index (χ3v) is 5.66. The molecule has 1 aromatic heterocycles. The van der Waals surface area contributed by atoms with Crippen LogP contribution in [-0.2, 0) is 26.2 Å². The van der Waals surface area contributed by atoms with Crippen LogP contribution < -0.4 is 10.0 Å². The van der Waals surface area contributed by atoms with Gasteiger partial charge in [0.25, 0.3) is 0 Å². The second kappa shape index (κ2) is 7.91. The zero-order valence-corrected chi connectivity index (χ0v) is 16.3. The second-order valence-electron chi connectivity index (χ2n) is 7.21. The van der Waals surface area contributed by atoms with Crippen LogP contribution in [0.5, 0.6) is 0 Å². The van der Waals surface area contributed by atoms with Crippen LogP contribution >= 0.6 is 0 Å². The molecule has 2 aliphatic rings. The lowest BCUT2D eigenvalue weighted by Crippen LogP contribution is -2.62. The van der Waals surface area contributed by atoms with Gasteiger partial charge in [-0.05, 0) is 18.1 Å². The van der Waals surface area contributed by atoms with Gasteiger partial charge < -0.3 is 10.2 Å². The summed E-state index contributed by atoms with van der Waals surface area (Å²) in [5, 5.41) is 2.74. The van der Waals surface area contributed by atoms with Gasteiger partial charge in [-0.15, -0.1) is 0 Å². The molecule has 0 aromatic carbocycles. The van der Waals surface area contributed by atoms with Gasteiger partial charge in [0.1, 0.15) is 6.04 Å². The number of amides is 2. The van der Waals surface area contributed by atoms with E-state index in [1.165, 1.54) is 6.92 Å². The highest BCUT2D eigenvalue weighted by atomic mass is 32.2. The first kappa shape index (κ1) is 19.7. The third-order valence-electron chi connectivity index (χ3n) is 4.90. The number of rotatable bonds is 6. The second-order valence-corrected chi connectivity index (χ2v) is 8.99. The molecule has 10 heteroatoms. The number of fused-ring (bicyclic) bond motifs is 1. The minimum absolute atomic E-state index is 0.0537. The van der Waals surface area contributed by atoms with Crippen molar-refractivity contribution < 1.29 is 18.0 Å². The average molecular weight is 395 g/mol. The molecular weight excluding hydrogens is 370 g/mol. The van der Waals surface area contributed by atoms with Crippen LogP contribution in [0.1, 0.15) is 18.9 Å². The van der Waals surface area contributed by atoms with E-state index >= 15 is 0 Å². The molecule has 0 spiro atoms. The van der Waals surface area contributed by atoms with Crippen LogP contribution in [-0.4, -0.2) is 79.0 Å². The monoisotopic (exact) mass is 395 g/mol. The molecule has 2 aliphatic heterocycles. The maximum Gasteiger partial charge on any atom is 0.242 e. The fraction of sp³-hybridized carbons (Fsp3) is 0.588. The van der Waals surface area contributed by atoms with Crippen molar-refractivity contribution in [2.45, 2.75) is 38.0 Å². The van der Waals surface area contributed by atoms with Crippen molar-refractivity contribution in [3.63, 3.8) is 0 Å². The summed E-state index contributed by atoms with van der Waals surface area (Å²) in [5.74, 6) is -0.272. The molecular formula is C17H25N5O4S. The normalized spacial score (nSPS) is 26.1. The maximum absolute atomic E-state index is 13.1. The zero-order chi connectivity index (χ0) is 19.6. The predicted molar refractivity (Wildman–Crippen MR) is 99.0 cm³/mol. The summed E-state index contributed by atoms with van der Waals surface area (Å²) < 4.78 is 25.7. The molecule has 148 valence electrons. The van der Waals surface area contributed by atoms with Crippen LogP contribution in [0.15, 0.2) is 24.5 Å². The van der Waals surface area contributed by atoms with Gasteiger partial charge in [-0.2, -0.15) is 0 Å².